The fourth-order valence-corrected chi connectivity index (χ4v) is 5.29. The largest absolute Gasteiger partial charge is 0.472 e. The van der Waals surface area contributed by atoms with Gasteiger partial charge in [-0.05, 0) is 70.6 Å². The number of allylic oxidation sites excluding steroid dienone is 9. The number of hydrogen-bond acceptors (Lipinski definition) is 6. The molecule has 0 saturated heterocycles. The Morgan fingerprint density at radius 3 is 1.87 bits per heavy atom. The molecule has 0 aliphatic carbocycles. The first-order valence-corrected chi connectivity index (χ1v) is 19.4. The number of nitrogens with two attached hydrogens (primary N) is 1. The average molecular weight is 667 g/mol. The third-order valence-electron chi connectivity index (χ3n) is 7.29. The van der Waals surface area contributed by atoms with Gasteiger partial charge in [-0.15, -0.1) is 0 Å². The Hall–Kier alpha value is -1.80. The minimum Gasteiger partial charge on any atom is -0.387 e. The van der Waals surface area contributed by atoms with E-state index in [9.17, 15) is 19.4 Å². The van der Waals surface area contributed by atoms with Crippen LogP contribution in [0.1, 0.15) is 136 Å². The van der Waals surface area contributed by atoms with E-state index in [0.29, 0.717) is 6.42 Å². The number of unbranched alkanes of at least 4 members (excludes halogenated alkanes) is 12. The molecule has 0 aromatic rings. The van der Waals surface area contributed by atoms with Gasteiger partial charge in [-0.1, -0.05) is 120 Å². The Kier molecular flexibility index (Phi) is 31.8. The molecule has 9 heteroatoms. The number of rotatable bonds is 32. The molecule has 3 unspecified atom stereocenters. The Bertz CT molecular complexity index is 902. The van der Waals surface area contributed by atoms with E-state index in [0.717, 1.165) is 77.0 Å². The average Bonchev–Trinajstić information content (AvgIpc) is 3.04. The number of carbonyl (C=O) groups excluding carboxylic acids is 1. The lowest BCUT2D eigenvalue weighted by molar-refractivity contribution is -0.123. The van der Waals surface area contributed by atoms with E-state index in [1.165, 1.54) is 38.5 Å². The van der Waals surface area contributed by atoms with Gasteiger partial charge in [0.05, 0.1) is 25.4 Å². The minimum absolute atomic E-state index is 0.0666. The maximum Gasteiger partial charge on any atom is 0.472 e. The third kappa shape index (κ3) is 30.8. The van der Waals surface area contributed by atoms with E-state index in [1.54, 1.807) is 6.08 Å². The lowest BCUT2D eigenvalue weighted by Gasteiger charge is -2.23. The smallest absolute Gasteiger partial charge is 0.387 e. The first kappa shape index (κ1) is 44.2. The summed E-state index contributed by atoms with van der Waals surface area (Å²) in [7, 11) is -4.35. The molecule has 0 saturated carbocycles. The SMILES string of the molecule is CCCC/C=C\C/C=C\CCCCCCCC(=O)NC(COP(=O)(O)OCCN)C(O)/C=C/CC/C=C/CC/C=C/CCCCC. The van der Waals surface area contributed by atoms with Gasteiger partial charge in [0.2, 0.25) is 5.91 Å². The Morgan fingerprint density at radius 1 is 0.717 bits per heavy atom. The van der Waals surface area contributed by atoms with E-state index in [1.807, 2.05) is 6.08 Å². The molecule has 0 aliphatic heterocycles. The molecule has 0 bridgehead atoms. The van der Waals surface area contributed by atoms with Crippen molar-refractivity contribution in [3.63, 3.8) is 0 Å². The second-order valence-electron chi connectivity index (χ2n) is 11.7. The molecular formula is C37H67N2O6P. The van der Waals surface area contributed by atoms with Gasteiger partial charge in [-0.2, -0.15) is 0 Å². The first-order chi connectivity index (χ1) is 22.4. The zero-order valence-corrected chi connectivity index (χ0v) is 29.9. The Labute approximate surface area is 281 Å². The van der Waals surface area contributed by atoms with Crippen LogP contribution in [0.4, 0.5) is 0 Å². The van der Waals surface area contributed by atoms with Crippen LogP contribution < -0.4 is 11.1 Å². The molecule has 266 valence electrons. The van der Waals surface area contributed by atoms with Crippen molar-refractivity contribution in [2.75, 3.05) is 19.8 Å². The van der Waals surface area contributed by atoms with Crippen LogP contribution in [0.5, 0.6) is 0 Å². The first-order valence-electron chi connectivity index (χ1n) is 17.9. The predicted octanol–water partition coefficient (Wildman–Crippen LogP) is 9.16. The van der Waals surface area contributed by atoms with Gasteiger partial charge in [0.1, 0.15) is 0 Å². The quantitative estimate of drug-likeness (QED) is 0.0320. The summed E-state index contributed by atoms with van der Waals surface area (Å²) in [5.74, 6) is -0.228. The normalized spacial score (nSPS) is 15.2. The zero-order chi connectivity index (χ0) is 34.0. The molecule has 0 fully saturated rings. The maximum absolute atomic E-state index is 12.7. The predicted molar refractivity (Wildman–Crippen MR) is 193 cm³/mol. The molecule has 5 N–H and O–H groups in total. The van der Waals surface area contributed by atoms with Gasteiger partial charge in [-0.25, -0.2) is 4.57 Å². The fraction of sp³-hybridized carbons (Fsp3) is 0.703. The van der Waals surface area contributed by atoms with Gasteiger partial charge < -0.3 is 21.1 Å². The molecule has 0 rings (SSSR count). The molecule has 0 spiro atoms. The van der Waals surface area contributed by atoms with Crippen molar-refractivity contribution in [3.05, 3.63) is 60.8 Å². The number of nitrogens with one attached hydrogen (secondary N) is 1. The summed E-state index contributed by atoms with van der Waals surface area (Å²) in [6.45, 7) is 3.98. The van der Waals surface area contributed by atoms with E-state index in [4.69, 9.17) is 14.8 Å². The van der Waals surface area contributed by atoms with Crippen LogP contribution in [0.15, 0.2) is 60.8 Å². The minimum atomic E-state index is -4.35. The van der Waals surface area contributed by atoms with Gasteiger partial charge in [0.15, 0.2) is 0 Å². The second-order valence-corrected chi connectivity index (χ2v) is 13.2. The highest BCUT2D eigenvalue weighted by atomic mass is 31.2. The van der Waals surface area contributed by atoms with E-state index < -0.39 is 20.0 Å². The molecule has 0 aliphatic rings. The van der Waals surface area contributed by atoms with E-state index in [2.05, 4.69) is 67.8 Å². The Balaban J connectivity index is 4.48. The molecular weight excluding hydrogens is 599 g/mol. The van der Waals surface area contributed by atoms with Crippen LogP contribution >= 0.6 is 7.82 Å². The van der Waals surface area contributed by atoms with Crippen LogP contribution in [0, 0.1) is 0 Å². The number of aliphatic hydroxyl groups is 1. The van der Waals surface area contributed by atoms with Crippen LogP contribution in [-0.2, 0) is 18.4 Å². The van der Waals surface area contributed by atoms with Crippen LogP contribution in [-0.4, -0.2) is 47.8 Å². The highest BCUT2D eigenvalue weighted by Gasteiger charge is 2.26. The summed E-state index contributed by atoms with van der Waals surface area (Å²) in [4.78, 5) is 22.5. The monoisotopic (exact) mass is 666 g/mol. The number of carbonyl (C=O) groups is 1. The lowest BCUT2D eigenvalue weighted by atomic mass is 10.1. The number of phosphoric acid groups is 1. The molecule has 8 nitrogen and oxygen atoms in total. The standard InChI is InChI=1S/C37H67N2O6P/c1-3-5-7-9-11-13-15-17-19-21-23-25-27-29-31-37(41)39-35(34-45-46(42,43)44-33-32-38)36(40)30-28-26-24-22-20-18-16-14-12-10-8-6-4-2/h9,11-12,14-15,17,20,22,28,30,35-36,40H,3-8,10,13,16,18-19,21,23-27,29,31-34,38H2,1-2H3,(H,39,41)(H,42,43)/b11-9-,14-12+,17-15-,22-20+,30-28+. The molecule has 0 aromatic carbocycles. The molecule has 46 heavy (non-hydrogen) atoms. The summed E-state index contributed by atoms with van der Waals surface area (Å²) in [5, 5.41) is 13.5. The highest BCUT2D eigenvalue weighted by Crippen LogP contribution is 2.43. The zero-order valence-electron chi connectivity index (χ0n) is 29.0. The summed E-state index contributed by atoms with van der Waals surface area (Å²) in [5.41, 5.74) is 5.34. The molecule has 0 radical (unpaired) electrons. The molecule has 3 atom stereocenters. The van der Waals surface area contributed by atoms with Gasteiger partial charge in [0, 0.05) is 13.0 Å². The Morgan fingerprint density at radius 2 is 1.24 bits per heavy atom. The summed E-state index contributed by atoms with van der Waals surface area (Å²) in [6.07, 6.45) is 39.8. The van der Waals surface area contributed by atoms with Crippen molar-refractivity contribution in [2.45, 2.75) is 148 Å². The fourth-order valence-electron chi connectivity index (χ4n) is 4.53. The molecule has 0 aromatic heterocycles. The third-order valence-corrected chi connectivity index (χ3v) is 8.28. The van der Waals surface area contributed by atoms with Crippen molar-refractivity contribution in [1.29, 1.82) is 0 Å². The lowest BCUT2D eigenvalue weighted by Crippen LogP contribution is -2.45. The second kappa shape index (κ2) is 33.1. The van der Waals surface area contributed by atoms with Gasteiger partial charge in [0.25, 0.3) is 0 Å². The van der Waals surface area contributed by atoms with Crippen molar-refractivity contribution in [2.24, 2.45) is 5.73 Å². The van der Waals surface area contributed by atoms with Gasteiger partial charge >= 0.3 is 7.82 Å². The van der Waals surface area contributed by atoms with Crippen LogP contribution in [0.3, 0.4) is 0 Å². The number of hydrogen-bond donors (Lipinski definition) is 4. The van der Waals surface area contributed by atoms with Crippen molar-refractivity contribution in [1.82, 2.24) is 5.32 Å². The van der Waals surface area contributed by atoms with E-state index in [-0.39, 0.29) is 25.7 Å². The van der Waals surface area contributed by atoms with Crippen LogP contribution in [0.2, 0.25) is 0 Å². The summed E-state index contributed by atoms with van der Waals surface area (Å²) < 4.78 is 22.0. The number of aliphatic hydroxyl groups excluding tert-OH is 1. The maximum atomic E-state index is 12.7. The number of amides is 1. The van der Waals surface area contributed by atoms with Crippen molar-refractivity contribution >= 4 is 13.7 Å². The molecule has 0 heterocycles. The highest BCUT2D eigenvalue weighted by molar-refractivity contribution is 7.47. The van der Waals surface area contributed by atoms with Crippen molar-refractivity contribution < 1.29 is 28.4 Å². The number of phosphoric ester groups is 1. The van der Waals surface area contributed by atoms with Crippen molar-refractivity contribution in [3.8, 4) is 0 Å². The molecule has 1 amide bonds. The topological polar surface area (TPSA) is 131 Å². The van der Waals surface area contributed by atoms with E-state index >= 15 is 0 Å². The van der Waals surface area contributed by atoms with Crippen LogP contribution in [0.25, 0.3) is 0 Å². The summed E-state index contributed by atoms with van der Waals surface area (Å²) >= 11 is 0. The van der Waals surface area contributed by atoms with Gasteiger partial charge in [-0.3, -0.25) is 13.8 Å². The summed E-state index contributed by atoms with van der Waals surface area (Å²) in [6, 6.07) is -0.890.